The number of nitrogens with two attached hydrogens (primary N) is 1. The van der Waals surface area contributed by atoms with Crippen LogP contribution in [0.1, 0.15) is 41.6 Å². The molecule has 2 aromatic heterocycles. The molecular formula is C12H18N6O. The topological polar surface area (TPSA) is 102 Å². The first kappa shape index (κ1) is 13.1. The summed E-state index contributed by atoms with van der Waals surface area (Å²) >= 11 is 0. The molecule has 0 aliphatic rings. The first-order valence-corrected chi connectivity index (χ1v) is 6.15. The number of nitrogens with zero attached hydrogens (tertiary/aromatic N) is 3. The summed E-state index contributed by atoms with van der Waals surface area (Å²) in [6, 6.07) is -0.148. The summed E-state index contributed by atoms with van der Waals surface area (Å²) in [6.07, 6.45) is 4.12. The SMILES string of the molecule is CCc1nn(C)c(C(=O)NC(C)c2cn[nH]c2)c1N. The van der Waals surface area contributed by atoms with E-state index in [4.69, 9.17) is 5.73 Å². The van der Waals surface area contributed by atoms with Gasteiger partial charge in [-0.25, -0.2) is 0 Å². The van der Waals surface area contributed by atoms with Crippen molar-refractivity contribution in [3.05, 3.63) is 29.3 Å². The summed E-state index contributed by atoms with van der Waals surface area (Å²) in [7, 11) is 1.72. The zero-order valence-electron chi connectivity index (χ0n) is 11.3. The number of H-pyrrole nitrogens is 1. The van der Waals surface area contributed by atoms with E-state index >= 15 is 0 Å². The van der Waals surface area contributed by atoms with Crippen LogP contribution in [-0.2, 0) is 13.5 Å². The van der Waals surface area contributed by atoms with Gasteiger partial charge in [0, 0.05) is 18.8 Å². The van der Waals surface area contributed by atoms with Crippen molar-refractivity contribution in [2.24, 2.45) is 7.05 Å². The maximum Gasteiger partial charge on any atom is 0.272 e. The van der Waals surface area contributed by atoms with Gasteiger partial charge in [-0.1, -0.05) is 6.92 Å². The fraction of sp³-hybridized carbons (Fsp3) is 0.417. The first-order chi connectivity index (χ1) is 9.04. The normalized spacial score (nSPS) is 12.4. The number of aromatic nitrogens is 4. The van der Waals surface area contributed by atoms with Crippen LogP contribution in [0.2, 0.25) is 0 Å². The van der Waals surface area contributed by atoms with Gasteiger partial charge < -0.3 is 11.1 Å². The molecule has 1 unspecified atom stereocenters. The zero-order chi connectivity index (χ0) is 14.0. The highest BCUT2D eigenvalue weighted by Crippen LogP contribution is 2.18. The van der Waals surface area contributed by atoms with E-state index in [1.54, 1.807) is 19.4 Å². The number of nitrogens with one attached hydrogen (secondary N) is 2. The molecule has 4 N–H and O–H groups in total. The van der Waals surface area contributed by atoms with E-state index in [0.29, 0.717) is 17.8 Å². The Kier molecular flexibility index (Phi) is 3.55. The minimum atomic E-state index is -0.235. The van der Waals surface area contributed by atoms with Crippen LogP contribution >= 0.6 is 0 Å². The zero-order valence-corrected chi connectivity index (χ0v) is 11.3. The van der Waals surface area contributed by atoms with Crippen LogP contribution in [0, 0.1) is 0 Å². The van der Waals surface area contributed by atoms with Crippen LogP contribution in [0.3, 0.4) is 0 Å². The van der Waals surface area contributed by atoms with E-state index in [9.17, 15) is 4.79 Å². The van der Waals surface area contributed by atoms with E-state index in [-0.39, 0.29) is 11.9 Å². The second kappa shape index (κ2) is 5.13. The van der Waals surface area contributed by atoms with Crippen molar-refractivity contribution in [1.29, 1.82) is 0 Å². The number of carbonyl (C=O) groups excluding carboxylic acids is 1. The molecule has 0 aliphatic heterocycles. The van der Waals surface area contributed by atoms with Gasteiger partial charge in [-0.2, -0.15) is 10.2 Å². The summed E-state index contributed by atoms with van der Waals surface area (Å²) in [5.41, 5.74) is 8.44. The third-order valence-electron chi connectivity index (χ3n) is 3.08. The maximum absolute atomic E-state index is 12.2. The van der Waals surface area contributed by atoms with Gasteiger partial charge >= 0.3 is 0 Å². The molecule has 7 heteroatoms. The van der Waals surface area contributed by atoms with Crippen molar-refractivity contribution in [3.8, 4) is 0 Å². The predicted molar refractivity (Wildman–Crippen MR) is 71.5 cm³/mol. The number of carbonyl (C=O) groups is 1. The summed E-state index contributed by atoms with van der Waals surface area (Å²) in [5.74, 6) is -0.235. The second-order valence-corrected chi connectivity index (χ2v) is 4.41. The average molecular weight is 262 g/mol. The van der Waals surface area contributed by atoms with E-state index in [2.05, 4.69) is 20.6 Å². The Morgan fingerprint density at radius 1 is 1.63 bits per heavy atom. The number of hydrogen-bond donors (Lipinski definition) is 3. The van der Waals surface area contributed by atoms with Gasteiger partial charge in [-0.3, -0.25) is 14.6 Å². The van der Waals surface area contributed by atoms with Gasteiger partial charge in [0.05, 0.1) is 23.6 Å². The Labute approximate surface area is 111 Å². The average Bonchev–Trinajstić information content (AvgIpc) is 2.97. The largest absolute Gasteiger partial charge is 0.395 e. The molecule has 0 fully saturated rings. The molecule has 0 radical (unpaired) electrons. The molecule has 0 aliphatic carbocycles. The molecule has 2 heterocycles. The van der Waals surface area contributed by atoms with Gasteiger partial charge in [-0.05, 0) is 13.3 Å². The lowest BCUT2D eigenvalue weighted by atomic mass is 10.2. The van der Waals surface area contributed by atoms with E-state index in [0.717, 1.165) is 11.3 Å². The number of hydrogen-bond acceptors (Lipinski definition) is 4. The van der Waals surface area contributed by atoms with E-state index in [1.165, 1.54) is 4.68 Å². The minimum Gasteiger partial charge on any atom is -0.395 e. The molecular weight excluding hydrogens is 244 g/mol. The number of amides is 1. The molecule has 0 saturated carbocycles. The van der Waals surface area contributed by atoms with Gasteiger partial charge in [0.25, 0.3) is 5.91 Å². The smallest absolute Gasteiger partial charge is 0.272 e. The molecule has 0 spiro atoms. The molecule has 2 aromatic rings. The number of nitrogen functional groups attached to an aromatic ring is 1. The Hall–Kier alpha value is -2.31. The summed E-state index contributed by atoms with van der Waals surface area (Å²) < 4.78 is 1.52. The third kappa shape index (κ3) is 2.44. The molecule has 102 valence electrons. The van der Waals surface area contributed by atoms with Gasteiger partial charge in [-0.15, -0.1) is 0 Å². The summed E-state index contributed by atoms with van der Waals surface area (Å²) in [4.78, 5) is 12.2. The standard InChI is InChI=1S/C12H18N6O/c1-4-9-10(13)11(18(3)17-9)12(19)16-7(2)8-5-14-15-6-8/h5-7H,4,13H2,1-3H3,(H,14,15)(H,16,19). The molecule has 1 amide bonds. The molecule has 0 aromatic carbocycles. The van der Waals surface area contributed by atoms with Crippen LogP contribution in [0.25, 0.3) is 0 Å². The molecule has 19 heavy (non-hydrogen) atoms. The number of anilines is 1. The predicted octanol–water partition coefficient (Wildman–Crippen LogP) is 0.779. The van der Waals surface area contributed by atoms with Crippen molar-refractivity contribution < 1.29 is 4.79 Å². The van der Waals surface area contributed by atoms with Crippen molar-refractivity contribution >= 4 is 11.6 Å². The lowest BCUT2D eigenvalue weighted by Gasteiger charge is -2.12. The lowest BCUT2D eigenvalue weighted by Crippen LogP contribution is -2.29. The van der Waals surface area contributed by atoms with E-state index in [1.807, 2.05) is 13.8 Å². The summed E-state index contributed by atoms with van der Waals surface area (Å²) in [5, 5.41) is 13.7. The number of aromatic amines is 1. The highest BCUT2D eigenvalue weighted by atomic mass is 16.2. The van der Waals surface area contributed by atoms with Crippen LogP contribution in [0.4, 0.5) is 5.69 Å². The molecule has 1 atom stereocenters. The second-order valence-electron chi connectivity index (χ2n) is 4.41. The quantitative estimate of drug-likeness (QED) is 0.757. The van der Waals surface area contributed by atoms with Crippen LogP contribution < -0.4 is 11.1 Å². The van der Waals surface area contributed by atoms with Crippen molar-refractivity contribution in [2.75, 3.05) is 5.73 Å². The van der Waals surface area contributed by atoms with Crippen molar-refractivity contribution in [2.45, 2.75) is 26.3 Å². The fourth-order valence-corrected chi connectivity index (χ4v) is 1.97. The highest BCUT2D eigenvalue weighted by Gasteiger charge is 2.21. The van der Waals surface area contributed by atoms with Crippen molar-refractivity contribution in [3.63, 3.8) is 0 Å². The first-order valence-electron chi connectivity index (χ1n) is 6.15. The molecule has 0 bridgehead atoms. The van der Waals surface area contributed by atoms with Gasteiger partial charge in [0.15, 0.2) is 0 Å². The Balaban J connectivity index is 2.19. The maximum atomic E-state index is 12.2. The number of rotatable bonds is 4. The molecule has 0 saturated heterocycles. The minimum absolute atomic E-state index is 0.148. The van der Waals surface area contributed by atoms with Gasteiger partial charge in [0.1, 0.15) is 5.69 Å². The number of aryl methyl sites for hydroxylation is 2. The Bertz CT molecular complexity index is 571. The van der Waals surface area contributed by atoms with Crippen molar-refractivity contribution in [1.82, 2.24) is 25.3 Å². The molecule has 2 rings (SSSR count). The Morgan fingerprint density at radius 2 is 2.37 bits per heavy atom. The lowest BCUT2D eigenvalue weighted by molar-refractivity contribution is 0.0931. The van der Waals surface area contributed by atoms with Crippen LogP contribution in [0.15, 0.2) is 12.4 Å². The van der Waals surface area contributed by atoms with Gasteiger partial charge in [0.2, 0.25) is 0 Å². The highest BCUT2D eigenvalue weighted by molar-refractivity contribution is 5.98. The van der Waals surface area contributed by atoms with E-state index < -0.39 is 0 Å². The van der Waals surface area contributed by atoms with Crippen LogP contribution in [0.5, 0.6) is 0 Å². The fourth-order valence-electron chi connectivity index (χ4n) is 1.97. The molecule has 7 nitrogen and oxygen atoms in total. The van der Waals surface area contributed by atoms with Crippen LogP contribution in [-0.4, -0.2) is 25.9 Å². The Morgan fingerprint density at radius 3 is 2.89 bits per heavy atom. The summed E-state index contributed by atoms with van der Waals surface area (Å²) in [6.45, 7) is 3.84. The third-order valence-corrected chi connectivity index (χ3v) is 3.08. The monoisotopic (exact) mass is 262 g/mol.